The number of nitrogens with zero attached hydrogens (tertiary/aromatic N) is 3. The molecule has 0 unspecified atom stereocenters. The number of ether oxygens (including phenoxy) is 1. The van der Waals surface area contributed by atoms with Crippen LogP contribution >= 0.6 is 0 Å². The second kappa shape index (κ2) is 7.66. The lowest BCUT2D eigenvalue weighted by Crippen LogP contribution is -2.42. The van der Waals surface area contributed by atoms with Crippen molar-refractivity contribution < 1.29 is 23.8 Å². The Morgan fingerprint density at radius 2 is 2.10 bits per heavy atom. The van der Waals surface area contributed by atoms with Crippen molar-refractivity contribution in [2.75, 3.05) is 18.0 Å². The van der Waals surface area contributed by atoms with Crippen molar-refractivity contribution in [1.29, 1.82) is 0 Å². The zero-order valence-corrected chi connectivity index (χ0v) is 16.6. The second-order valence-electron chi connectivity index (χ2n) is 7.03. The van der Waals surface area contributed by atoms with Crippen molar-refractivity contribution in [1.82, 2.24) is 14.9 Å². The number of carboxylic acid groups (broad SMARTS) is 1. The molecule has 0 bridgehead atoms. The quantitative estimate of drug-likeness (QED) is 0.680. The fourth-order valence-corrected chi connectivity index (χ4v) is 3.79. The Morgan fingerprint density at radius 1 is 1.30 bits per heavy atom. The minimum atomic E-state index is -1.07. The van der Waals surface area contributed by atoms with Crippen LogP contribution in [0.1, 0.15) is 34.8 Å². The highest BCUT2D eigenvalue weighted by Crippen LogP contribution is 2.37. The summed E-state index contributed by atoms with van der Waals surface area (Å²) in [5.74, 6) is -1.30. The maximum Gasteiger partial charge on any atom is 0.337 e. The second-order valence-corrected chi connectivity index (χ2v) is 7.03. The van der Waals surface area contributed by atoms with Crippen molar-refractivity contribution >= 4 is 23.2 Å². The molecule has 0 saturated carbocycles. The highest BCUT2D eigenvalue weighted by atomic mass is 19.1. The van der Waals surface area contributed by atoms with Crippen LogP contribution in [0.4, 0.5) is 14.9 Å². The minimum Gasteiger partial charge on any atom is -0.478 e. The van der Waals surface area contributed by atoms with Gasteiger partial charge < -0.3 is 15.2 Å². The first-order chi connectivity index (χ1) is 14.4. The summed E-state index contributed by atoms with van der Waals surface area (Å²) in [5, 5.41) is 16.2. The van der Waals surface area contributed by atoms with Gasteiger partial charge in [-0.3, -0.25) is 4.90 Å². The van der Waals surface area contributed by atoms with Crippen LogP contribution in [-0.4, -0.2) is 39.8 Å². The van der Waals surface area contributed by atoms with Gasteiger partial charge >= 0.3 is 12.0 Å². The summed E-state index contributed by atoms with van der Waals surface area (Å²) in [4.78, 5) is 25.3. The SMILES string of the molecule is CCNC(=O)N1CCCc2c1ccc(Oc1ccnn3cc(C(=O)O)c(C)c13)c2F. The van der Waals surface area contributed by atoms with Crippen molar-refractivity contribution in [2.24, 2.45) is 0 Å². The molecule has 8 nitrogen and oxygen atoms in total. The maximum atomic E-state index is 15.3. The van der Waals surface area contributed by atoms with Gasteiger partial charge in [0.1, 0.15) is 5.52 Å². The van der Waals surface area contributed by atoms with E-state index < -0.39 is 11.8 Å². The van der Waals surface area contributed by atoms with Crippen LogP contribution in [-0.2, 0) is 6.42 Å². The zero-order chi connectivity index (χ0) is 21.4. The molecule has 3 aromatic rings. The van der Waals surface area contributed by atoms with E-state index in [0.29, 0.717) is 54.0 Å². The average Bonchev–Trinajstić information content (AvgIpc) is 3.08. The summed E-state index contributed by atoms with van der Waals surface area (Å²) < 4.78 is 22.6. The summed E-state index contributed by atoms with van der Waals surface area (Å²) >= 11 is 0. The Labute approximate surface area is 171 Å². The van der Waals surface area contributed by atoms with E-state index in [1.807, 2.05) is 6.92 Å². The molecule has 4 rings (SSSR count). The highest BCUT2D eigenvalue weighted by Gasteiger charge is 2.27. The molecule has 1 aliphatic heterocycles. The molecule has 0 fully saturated rings. The Morgan fingerprint density at radius 3 is 2.83 bits per heavy atom. The summed E-state index contributed by atoms with van der Waals surface area (Å²) in [6.45, 7) is 4.49. The number of rotatable bonds is 4. The lowest BCUT2D eigenvalue weighted by Gasteiger charge is -2.30. The third kappa shape index (κ3) is 3.22. The number of hydrogen-bond acceptors (Lipinski definition) is 4. The van der Waals surface area contributed by atoms with Gasteiger partial charge in [-0.15, -0.1) is 0 Å². The molecule has 0 atom stereocenters. The Hall–Kier alpha value is -3.62. The largest absolute Gasteiger partial charge is 0.478 e. The molecule has 30 heavy (non-hydrogen) atoms. The Bertz CT molecular complexity index is 1160. The number of fused-ring (bicyclic) bond motifs is 2. The molecule has 2 aromatic heterocycles. The number of nitrogens with one attached hydrogen (secondary N) is 1. The summed E-state index contributed by atoms with van der Waals surface area (Å²) in [6.07, 6.45) is 3.99. The first-order valence-electron chi connectivity index (χ1n) is 9.67. The molecular formula is C21H21FN4O4. The van der Waals surface area contributed by atoms with E-state index in [-0.39, 0.29) is 17.3 Å². The van der Waals surface area contributed by atoms with Crippen LogP contribution in [0, 0.1) is 12.7 Å². The van der Waals surface area contributed by atoms with Crippen molar-refractivity contribution in [3.05, 3.63) is 53.1 Å². The first-order valence-corrected chi connectivity index (χ1v) is 9.67. The van der Waals surface area contributed by atoms with E-state index >= 15 is 4.39 Å². The van der Waals surface area contributed by atoms with Gasteiger partial charge in [0.2, 0.25) is 0 Å². The summed E-state index contributed by atoms with van der Waals surface area (Å²) in [6, 6.07) is 4.47. The van der Waals surface area contributed by atoms with Gasteiger partial charge in [-0.05, 0) is 44.4 Å². The van der Waals surface area contributed by atoms with Crippen LogP contribution < -0.4 is 15.0 Å². The van der Waals surface area contributed by atoms with Crippen LogP contribution in [0.3, 0.4) is 0 Å². The molecule has 2 amide bonds. The molecule has 0 aliphatic carbocycles. The van der Waals surface area contributed by atoms with E-state index in [9.17, 15) is 14.7 Å². The van der Waals surface area contributed by atoms with Crippen molar-refractivity contribution in [3.63, 3.8) is 0 Å². The monoisotopic (exact) mass is 412 g/mol. The number of halogens is 1. The number of hydrogen-bond donors (Lipinski definition) is 2. The third-order valence-electron chi connectivity index (χ3n) is 5.20. The number of aryl methyl sites for hydroxylation is 1. The highest BCUT2D eigenvalue weighted by molar-refractivity contribution is 5.94. The number of urea groups is 1. The van der Waals surface area contributed by atoms with Gasteiger partial charge in [0.25, 0.3) is 0 Å². The van der Waals surface area contributed by atoms with Crippen molar-refractivity contribution in [2.45, 2.75) is 26.7 Å². The molecular weight excluding hydrogens is 391 g/mol. The van der Waals surface area contributed by atoms with Gasteiger partial charge in [-0.1, -0.05) is 0 Å². The number of benzene rings is 1. The fraction of sp³-hybridized carbons (Fsp3) is 0.286. The number of carbonyl (C=O) groups excluding carboxylic acids is 1. The molecule has 0 saturated heterocycles. The summed E-state index contributed by atoms with van der Waals surface area (Å²) in [7, 11) is 0. The molecule has 0 radical (unpaired) electrons. The maximum absolute atomic E-state index is 15.3. The summed E-state index contributed by atoms with van der Waals surface area (Å²) in [5.41, 5.74) is 1.99. The van der Waals surface area contributed by atoms with E-state index in [4.69, 9.17) is 4.74 Å². The van der Waals surface area contributed by atoms with Crippen LogP contribution in [0.5, 0.6) is 11.5 Å². The molecule has 1 aromatic carbocycles. The van der Waals surface area contributed by atoms with E-state index in [2.05, 4.69) is 10.4 Å². The van der Waals surface area contributed by atoms with Crippen molar-refractivity contribution in [3.8, 4) is 11.5 Å². The average molecular weight is 412 g/mol. The number of carbonyl (C=O) groups is 2. The van der Waals surface area contributed by atoms with Crippen LogP contribution in [0.15, 0.2) is 30.6 Å². The van der Waals surface area contributed by atoms with Crippen LogP contribution in [0.2, 0.25) is 0 Å². The molecule has 3 heterocycles. The smallest absolute Gasteiger partial charge is 0.337 e. The number of carboxylic acids is 1. The number of aromatic nitrogens is 2. The molecule has 1 aliphatic rings. The number of amides is 2. The van der Waals surface area contributed by atoms with Gasteiger partial charge in [0.15, 0.2) is 17.3 Å². The van der Waals surface area contributed by atoms with Gasteiger partial charge in [0, 0.05) is 30.9 Å². The number of aromatic carboxylic acids is 1. The predicted molar refractivity (Wildman–Crippen MR) is 108 cm³/mol. The Kier molecular flexibility index (Phi) is 5.03. The molecule has 9 heteroatoms. The molecule has 2 N–H and O–H groups in total. The number of anilines is 1. The normalized spacial score (nSPS) is 13.2. The predicted octanol–water partition coefficient (Wildman–Crippen LogP) is 3.75. The van der Waals surface area contributed by atoms with Gasteiger partial charge in [0.05, 0.1) is 17.4 Å². The standard InChI is InChI=1S/C21H21FN4O4/c1-3-23-21(29)25-10-4-5-13-15(25)6-7-16(18(13)22)30-17-8-9-24-26-11-14(20(27)28)12(2)19(17)26/h6-9,11H,3-5,10H2,1-2H3,(H,23,29)(H,27,28). The topological polar surface area (TPSA) is 96.2 Å². The van der Waals surface area contributed by atoms with E-state index in [0.717, 1.165) is 0 Å². The first kappa shape index (κ1) is 19.7. The van der Waals surface area contributed by atoms with Gasteiger partial charge in [-0.2, -0.15) is 5.10 Å². The van der Waals surface area contributed by atoms with E-state index in [1.54, 1.807) is 19.1 Å². The molecule has 156 valence electrons. The fourth-order valence-electron chi connectivity index (χ4n) is 3.79. The lowest BCUT2D eigenvalue weighted by molar-refractivity contribution is 0.0696. The van der Waals surface area contributed by atoms with E-state index in [1.165, 1.54) is 27.9 Å². The zero-order valence-electron chi connectivity index (χ0n) is 16.6. The minimum absolute atomic E-state index is 0.0112. The molecule has 0 spiro atoms. The van der Waals surface area contributed by atoms with Gasteiger partial charge in [-0.25, -0.2) is 18.5 Å². The Balaban J connectivity index is 1.74. The van der Waals surface area contributed by atoms with Crippen LogP contribution in [0.25, 0.3) is 5.52 Å². The lowest BCUT2D eigenvalue weighted by atomic mass is 10.0. The third-order valence-corrected chi connectivity index (χ3v) is 5.20.